The summed E-state index contributed by atoms with van der Waals surface area (Å²) in [5.74, 6) is 0.321. The van der Waals surface area contributed by atoms with Crippen LogP contribution >= 0.6 is 0 Å². The van der Waals surface area contributed by atoms with Crippen LogP contribution in [0.15, 0.2) is 0 Å². The molecule has 0 unspecified atom stereocenters. The zero-order valence-corrected chi connectivity index (χ0v) is 6.93. The molecule has 2 fully saturated rings. The molecule has 1 aliphatic heterocycles. The van der Waals surface area contributed by atoms with Crippen molar-refractivity contribution in [2.24, 2.45) is 5.41 Å². The van der Waals surface area contributed by atoms with E-state index in [1.165, 1.54) is 12.8 Å². The lowest BCUT2D eigenvalue weighted by Crippen LogP contribution is -2.36. The van der Waals surface area contributed by atoms with E-state index in [2.05, 4.69) is 6.92 Å². The lowest BCUT2D eigenvalue weighted by Gasteiger charge is -2.32. The summed E-state index contributed by atoms with van der Waals surface area (Å²) < 4.78 is 5.42. The van der Waals surface area contributed by atoms with Crippen molar-refractivity contribution < 1.29 is 9.53 Å². The van der Waals surface area contributed by atoms with Gasteiger partial charge < -0.3 is 4.74 Å². The van der Waals surface area contributed by atoms with Crippen molar-refractivity contribution in [1.29, 1.82) is 0 Å². The Kier molecular flexibility index (Phi) is 1.53. The standard InChI is InChI=1S/C9H14O2/c1-9-5-3-2-4-8(9)11-6-7(9)10/h8H,2-6H2,1H3/t8-,9-/m0/s1. The van der Waals surface area contributed by atoms with Crippen LogP contribution in [0.5, 0.6) is 0 Å². The van der Waals surface area contributed by atoms with Gasteiger partial charge in [-0.05, 0) is 12.8 Å². The van der Waals surface area contributed by atoms with Gasteiger partial charge in [0.15, 0.2) is 5.78 Å². The van der Waals surface area contributed by atoms with Gasteiger partial charge in [-0.3, -0.25) is 4.79 Å². The number of hydrogen-bond donors (Lipinski definition) is 0. The molecular formula is C9H14O2. The normalized spacial score (nSPS) is 44.1. The van der Waals surface area contributed by atoms with Crippen LogP contribution in [0.1, 0.15) is 32.6 Å². The summed E-state index contributed by atoms with van der Waals surface area (Å²) in [6, 6.07) is 0. The molecule has 2 atom stereocenters. The molecule has 0 bridgehead atoms. The van der Waals surface area contributed by atoms with E-state index < -0.39 is 0 Å². The van der Waals surface area contributed by atoms with Gasteiger partial charge in [0.2, 0.25) is 0 Å². The van der Waals surface area contributed by atoms with E-state index in [0.29, 0.717) is 12.4 Å². The van der Waals surface area contributed by atoms with Crippen molar-refractivity contribution in [3.63, 3.8) is 0 Å². The molecule has 0 aromatic heterocycles. The minimum atomic E-state index is -0.113. The molecule has 0 amide bonds. The Morgan fingerprint density at radius 2 is 2.36 bits per heavy atom. The molecule has 0 radical (unpaired) electrons. The van der Waals surface area contributed by atoms with Gasteiger partial charge >= 0.3 is 0 Å². The van der Waals surface area contributed by atoms with Crippen molar-refractivity contribution in [3.8, 4) is 0 Å². The molecule has 1 saturated carbocycles. The molecule has 1 saturated heterocycles. The molecule has 2 nitrogen and oxygen atoms in total. The number of ketones is 1. The number of ether oxygens (including phenoxy) is 1. The van der Waals surface area contributed by atoms with E-state index in [1.54, 1.807) is 0 Å². The summed E-state index contributed by atoms with van der Waals surface area (Å²) in [4.78, 5) is 11.4. The average molecular weight is 154 g/mol. The number of fused-ring (bicyclic) bond motifs is 1. The van der Waals surface area contributed by atoms with E-state index in [0.717, 1.165) is 12.8 Å². The van der Waals surface area contributed by atoms with Crippen LogP contribution in [0.4, 0.5) is 0 Å². The third-order valence-corrected chi connectivity index (χ3v) is 3.18. The summed E-state index contributed by atoms with van der Waals surface area (Å²) in [6.07, 6.45) is 4.79. The minimum absolute atomic E-state index is 0.113. The third-order valence-electron chi connectivity index (χ3n) is 3.18. The predicted octanol–water partition coefficient (Wildman–Crippen LogP) is 1.53. The maximum atomic E-state index is 11.4. The maximum absolute atomic E-state index is 11.4. The fourth-order valence-corrected chi connectivity index (χ4v) is 2.23. The Hall–Kier alpha value is -0.370. The highest BCUT2D eigenvalue weighted by Crippen LogP contribution is 2.42. The largest absolute Gasteiger partial charge is 0.369 e. The highest BCUT2D eigenvalue weighted by molar-refractivity contribution is 5.88. The Morgan fingerprint density at radius 1 is 1.55 bits per heavy atom. The second kappa shape index (κ2) is 2.31. The van der Waals surface area contributed by atoms with Gasteiger partial charge in [-0.25, -0.2) is 0 Å². The molecule has 0 aromatic rings. The van der Waals surface area contributed by atoms with Crippen molar-refractivity contribution in [2.45, 2.75) is 38.7 Å². The molecule has 11 heavy (non-hydrogen) atoms. The molecule has 2 heteroatoms. The Balaban J connectivity index is 2.23. The number of rotatable bonds is 0. The number of carbonyl (C=O) groups excluding carboxylic acids is 1. The second-order valence-corrected chi connectivity index (χ2v) is 3.89. The Morgan fingerprint density at radius 3 is 3.09 bits per heavy atom. The van der Waals surface area contributed by atoms with Crippen LogP contribution in [-0.4, -0.2) is 18.5 Å². The molecule has 1 aliphatic carbocycles. The van der Waals surface area contributed by atoms with Gasteiger partial charge in [0, 0.05) is 0 Å². The molecule has 2 aliphatic rings. The predicted molar refractivity (Wildman–Crippen MR) is 41.3 cm³/mol. The van der Waals surface area contributed by atoms with Gasteiger partial charge in [-0.2, -0.15) is 0 Å². The van der Waals surface area contributed by atoms with Crippen LogP contribution in [0.25, 0.3) is 0 Å². The van der Waals surface area contributed by atoms with Gasteiger partial charge in [0.05, 0.1) is 11.5 Å². The fraction of sp³-hybridized carbons (Fsp3) is 0.889. The number of hydrogen-bond acceptors (Lipinski definition) is 2. The van der Waals surface area contributed by atoms with Crippen molar-refractivity contribution >= 4 is 5.78 Å². The van der Waals surface area contributed by atoms with Crippen molar-refractivity contribution in [2.75, 3.05) is 6.61 Å². The van der Waals surface area contributed by atoms with Gasteiger partial charge in [0.25, 0.3) is 0 Å². The van der Waals surface area contributed by atoms with E-state index in [-0.39, 0.29) is 11.5 Å². The summed E-state index contributed by atoms with van der Waals surface area (Å²) in [6.45, 7) is 2.42. The third kappa shape index (κ3) is 0.924. The van der Waals surface area contributed by atoms with Crippen LogP contribution in [0, 0.1) is 5.41 Å². The second-order valence-electron chi connectivity index (χ2n) is 3.89. The smallest absolute Gasteiger partial charge is 0.166 e. The fourth-order valence-electron chi connectivity index (χ4n) is 2.23. The molecule has 0 N–H and O–H groups in total. The lowest BCUT2D eigenvalue weighted by atomic mass is 9.72. The first-order chi connectivity index (χ1) is 5.23. The lowest BCUT2D eigenvalue weighted by molar-refractivity contribution is -0.125. The number of Topliss-reactive ketones (excluding diaryl/α,β-unsaturated/α-hetero) is 1. The Labute approximate surface area is 66.9 Å². The van der Waals surface area contributed by atoms with Crippen molar-refractivity contribution in [3.05, 3.63) is 0 Å². The molecule has 1 heterocycles. The molecule has 2 rings (SSSR count). The maximum Gasteiger partial charge on any atom is 0.166 e. The average Bonchev–Trinajstić information content (AvgIpc) is 2.29. The molecular weight excluding hydrogens is 140 g/mol. The highest BCUT2D eigenvalue weighted by Gasteiger charge is 2.47. The SMILES string of the molecule is C[C@@]12CCCC[C@@H]1OCC2=O. The summed E-state index contributed by atoms with van der Waals surface area (Å²) in [7, 11) is 0. The first kappa shape index (κ1) is 7.29. The monoisotopic (exact) mass is 154 g/mol. The quantitative estimate of drug-likeness (QED) is 0.529. The van der Waals surface area contributed by atoms with Gasteiger partial charge in [-0.15, -0.1) is 0 Å². The van der Waals surface area contributed by atoms with E-state index in [1.807, 2.05) is 0 Å². The van der Waals surface area contributed by atoms with E-state index in [9.17, 15) is 4.79 Å². The first-order valence-electron chi connectivity index (χ1n) is 4.38. The molecule has 0 spiro atoms. The number of carbonyl (C=O) groups is 1. The van der Waals surface area contributed by atoms with Gasteiger partial charge in [-0.1, -0.05) is 19.8 Å². The zero-order chi connectivity index (χ0) is 7.90. The summed E-state index contributed by atoms with van der Waals surface area (Å²) in [5, 5.41) is 0. The van der Waals surface area contributed by atoms with Crippen LogP contribution in [-0.2, 0) is 9.53 Å². The minimum Gasteiger partial charge on any atom is -0.369 e. The Bertz CT molecular complexity index is 188. The van der Waals surface area contributed by atoms with Crippen molar-refractivity contribution in [1.82, 2.24) is 0 Å². The summed E-state index contributed by atoms with van der Waals surface area (Å²) in [5.41, 5.74) is -0.113. The molecule has 62 valence electrons. The van der Waals surface area contributed by atoms with Crippen LogP contribution in [0.3, 0.4) is 0 Å². The van der Waals surface area contributed by atoms with E-state index in [4.69, 9.17) is 4.74 Å². The topological polar surface area (TPSA) is 26.3 Å². The molecule has 0 aromatic carbocycles. The van der Waals surface area contributed by atoms with Crippen LogP contribution < -0.4 is 0 Å². The first-order valence-corrected chi connectivity index (χ1v) is 4.38. The van der Waals surface area contributed by atoms with E-state index >= 15 is 0 Å². The van der Waals surface area contributed by atoms with Gasteiger partial charge in [0.1, 0.15) is 6.61 Å². The zero-order valence-electron chi connectivity index (χ0n) is 6.93. The highest BCUT2D eigenvalue weighted by atomic mass is 16.5. The summed E-state index contributed by atoms with van der Waals surface area (Å²) >= 11 is 0. The van der Waals surface area contributed by atoms with Crippen LogP contribution in [0.2, 0.25) is 0 Å².